The van der Waals surface area contributed by atoms with Gasteiger partial charge >= 0.3 is 11.9 Å². The summed E-state index contributed by atoms with van der Waals surface area (Å²) in [5.74, 6) is -4.17. The average molecular weight is 807 g/mol. The van der Waals surface area contributed by atoms with Crippen molar-refractivity contribution in [1.29, 1.82) is 0 Å². The van der Waals surface area contributed by atoms with Gasteiger partial charge in [0.25, 0.3) is 20.0 Å². The number of nitrogens with one attached hydrogen (secondary N) is 2. The molecule has 4 aromatic rings. The Morgan fingerprint density at radius 3 is 1.20 bits per heavy atom. The SMILES string of the molecule is CCCCc1ccc(S(=O)(=O)N(C)c2ccc(NC(=O)CCC(=O)Nc3ccc(N(C)S(=O)(=O)c4ccc(CCCC)cc4)c(C(=O)O)c3)cc2C(=O)O)cc1. The number of nitrogens with zero attached hydrogens (tertiary/aromatic N) is 2. The van der Waals surface area contributed by atoms with Crippen molar-refractivity contribution in [2.45, 2.75) is 75.0 Å². The number of aryl methyl sites for hydroxylation is 2. The molecule has 0 saturated carbocycles. The number of hydrogen-bond acceptors (Lipinski definition) is 8. The Balaban J connectivity index is 1.40. The van der Waals surface area contributed by atoms with E-state index in [1.807, 2.05) is 0 Å². The minimum absolute atomic E-state index is 0.0123. The Morgan fingerprint density at radius 1 is 0.554 bits per heavy atom. The summed E-state index contributed by atoms with van der Waals surface area (Å²) in [7, 11) is -5.78. The molecule has 0 bridgehead atoms. The molecule has 0 fully saturated rings. The molecule has 0 heterocycles. The van der Waals surface area contributed by atoms with Crippen molar-refractivity contribution in [2.24, 2.45) is 0 Å². The first kappa shape index (κ1) is 43.0. The third-order valence-corrected chi connectivity index (χ3v) is 12.7. The molecule has 14 nitrogen and oxygen atoms in total. The predicted molar refractivity (Wildman–Crippen MR) is 215 cm³/mol. The first-order valence-electron chi connectivity index (χ1n) is 18.0. The fourth-order valence-electron chi connectivity index (χ4n) is 5.79. The number of carboxylic acids is 2. The summed E-state index contributed by atoms with van der Waals surface area (Å²) in [6.07, 6.45) is 4.81. The van der Waals surface area contributed by atoms with Crippen molar-refractivity contribution in [2.75, 3.05) is 33.3 Å². The van der Waals surface area contributed by atoms with Crippen molar-refractivity contribution in [1.82, 2.24) is 0 Å². The van der Waals surface area contributed by atoms with Gasteiger partial charge in [-0.15, -0.1) is 0 Å². The summed E-state index contributed by atoms with van der Waals surface area (Å²) in [6.45, 7) is 4.11. The Morgan fingerprint density at radius 2 is 0.893 bits per heavy atom. The number of rotatable bonds is 19. The highest BCUT2D eigenvalue weighted by molar-refractivity contribution is 7.93. The largest absolute Gasteiger partial charge is 0.478 e. The van der Waals surface area contributed by atoms with Crippen molar-refractivity contribution in [3.63, 3.8) is 0 Å². The fraction of sp³-hybridized carbons (Fsp3) is 0.300. The van der Waals surface area contributed by atoms with Crippen LogP contribution in [0.25, 0.3) is 0 Å². The van der Waals surface area contributed by atoms with Gasteiger partial charge in [-0.2, -0.15) is 0 Å². The molecule has 4 N–H and O–H groups in total. The fourth-order valence-corrected chi connectivity index (χ4v) is 8.22. The summed E-state index contributed by atoms with van der Waals surface area (Å²) >= 11 is 0. The van der Waals surface area contributed by atoms with Gasteiger partial charge in [0.05, 0.1) is 32.3 Å². The molecular formula is C40H46N4O10S2. The normalized spacial score (nSPS) is 11.4. The maximum absolute atomic E-state index is 13.4. The van der Waals surface area contributed by atoms with Gasteiger partial charge in [-0.05, 0) is 97.5 Å². The van der Waals surface area contributed by atoms with E-state index >= 15 is 0 Å². The lowest BCUT2D eigenvalue weighted by Crippen LogP contribution is -2.28. The lowest BCUT2D eigenvalue weighted by atomic mass is 10.1. The van der Waals surface area contributed by atoms with E-state index in [2.05, 4.69) is 24.5 Å². The van der Waals surface area contributed by atoms with E-state index in [-0.39, 0.29) is 56.5 Å². The first-order chi connectivity index (χ1) is 26.5. The van der Waals surface area contributed by atoms with Crippen LogP contribution in [0.15, 0.2) is 94.7 Å². The van der Waals surface area contributed by atoms with Gasteiger partial charge in [-0.25, -0.2) is 26.4 Å². The number of hydrogen-bond donors (Lipinski definition) is 4. The van der Waals surface area contributed by atoms with Crippen LogP contribution in [0, 0.1) is 0 Å². The van der Waals surface area contributed by atoms with Crippen LogP contribution in [0.5, 0.6) is 0 Å². The van der Waals surface area contributed by atoms with Crippen LogP contribution in [0.4, 0.5) is 22.7 Å². The number of anilines is 4. The lowest BCUT2D eigenvalue weighted by molar-refractivity contribution is -0.121. The van der Waals surface area contributed by atoms with Crippen molar-refractivity contribution in [3.05, 3.63) is 107 Å². The van der Waals surface area contributed by atoms with E-state index in [1.165, 1.54) is 62.6 Å². The minimum Gasteiger partial charge on any atom is -0.478 e. The van der Waals surface area contributed by atoms with E-state index in [0.717, 1.165) is 70.4 Å². The maximum Gasteiger partial charge on any atom is 0.337 e. The van der Waals surface area contributed by atoms with Gasteiger partial charge in [0.1, 0.15) is 0 Å². The molecule has 0 aliphatic heterocycles. The highest BCUT2D eigenvalue weighted by Crippen LogP contribution is 2.30. The summed E-state index contributed by atoms with van der Waals surface area (Å²) in [6, 6.07) is 20.2. The zero-order valence-electron chi connectivity index (χ0n) is 31.6. The number of carbonyl (C=O) groups is 4. The Kier molecular flexibility index (Phi) is 14.4. The molecule has 4 rings (SSSR count). The maximum atomic E-state index is 13.4. The predicted octanol–water partition coefficient (Wildman–Crippen LogP) is 6.78. The number of sulfonamides is 2. The monoisotopic (exact) mass is 806 g/mol. The van der Waals surface area contributed by atoms with Crippen LogP contribution < -0.4 is 19.2 Å². The van der Waals surface area contributed by atoms with E-state index in [1.54, 1.807) is 24.3 Å². The van der Waals surface area contributed by atoms with Crippen LogP contribution in [0.3, 0.4) is 0 Å². The zero-order chi connectivity index (χ0) is 41.2. The van der Waals surface area contributed by atoms with E-state index in [0.29, 0.717) is 0 Å². The summed E-state index contributed by atoms with van der Waals surface area (Å²) in [5.41, 5.74) is 1.04. The highest BCUT2D eigenvalue weighted by Gasteiger charge is 2.27. The van der Waals surface area contributed by atoms with Gasteiger partial charge in [0.15, 0.2) is 0 Å². The Bertz CT molecular complexity index is 2130. The third-order valence-electron chi connectivity index (χ3n) is 9.08. The second-order valence-electron chi connectivity index (χ2n) is 13.1. The molecule has 56 heavy (non-hydrogen) atoms. The van der Waals surface area contributed by atoms with Crippen LogP contribution in [-0.4, -0.2) is 64.9 Å². The second kappa shape index (κ2) is 18.7. The summed E-state index contributed by atoms with van der Waals surface area (Å²) < 4.78 is 55.2. The van der Waals surface area contributed by atoms with Gasteiger partial charge in [0.2, 0.25) is 11.8 Å². The standard InChI is InChI=1S/C40H46N4O10S2/c1-5-7-9-27-11-17-31(18-12-27)55(51,52)43(3)35-21-15-29(25-33(35)39(47)48)41-37(45)23-24-38(46)42-30-16-22-36(34(26-30)40(49)50)44(4)56(53,54)32-19-13-28(14-20-32)10-8-6-2/h11-22,25-26H,5-10,23-24H2,1-4H3,(H,41,45)(H,42,46)(H,47,48)(H,49,50). The van der Waals surface area contributed by atoms with Crippen LogP contribution in [-0.2, 0) is 42.5 Å². The Labute approximate surface area is 327 Å². The molecule has 0 saturated heterocycles. The van der Waals surface area contributed by atoms with Crippen LogP contribution in [0.2, 0.25) is 0 Å². The smallest absolute Gasteiger partial charge is 0.337 e. The van der Waals surface area contributed by atoms with Gasteiger partial charge < -0.3 is 20.8 Å². The molecule has 0 radical (unpaired) electrons. The summed E-state index contributed by atoms with van der Waals surface area (Å²) in [4.78, 5) is 49.9. The molecule has 0 unspecified atom stereocenters. The number of aromatic carboxylic acids is 2. The third kappa shape index (κ3) is 10.5. The molecular weight excluding hydrogens is 761 g/mol. The van der Waals surface area contributed by atoms with E-state index in [9.17, 15) is 46.2 Å². The van der Waals surface area contributed by atoms with Crippen LogP contribution >= 0.6 is 0 Å². The highest BCUT2D eigenvalue weighted by atomic mass is 32.2. The van der Waals surface area contributed by atoms with Crippen molar-refractivity contribution < 1.29 is 46.2 Å². The summed E-state index contributed by atoms with van der Waals surface area (Å²) in [5, 5.41) is 24.8. The number of carboxylic acid groups (broad SMARTS) is 2. The molecule has 0 aromatic heterocycles. The van der Waals surface area contributed by atoms with Crippen molar-refractivity contribution in [3.8, 4) is 0 Å². The van der Waals surface area contributed by atoms with Gasteiger partial charge in [-0.1, -0.05) is 51.0 Å². The van der Waals surface area contributed by atoms with Crippen LogP contribution in [0.1, 0.15) is 84.2 Å². The zero-order valence-corrected chi connectivity index (χ0v) is 33.2. The number of amides is 2. The number of carbonyl (C=O) groups excluding carboxylic acids is 2. The minimum atomic E-state index is -4.13. The number of unbranched alkanes of at least 4 members (excludes halogenated alkanes) is 2. The molecule has 2 amide bonds. The van der Waals surface area contributed by atoms with E-state index < -0.39 is 43.8 Å². The van der Waals surface area contributed by atoms with E-state index in [4.69, 9.17) is 0 Å². The lowest BCUT2D eigenvalue weighted by Gasteiger charge is -2.22. The quantitative estimate of drug-likeness (QED) is 0.0781. The molecule has 4 aromatic carbocycles. The number of benzene rings is 4. The molecule has 298 valence electrons. The second-order valence-corrected chi connectivity index (χ2v) is 17.0. The molecule has 0 spiro atoms. The first-order valence-corrected chi connectivity index (χ1v) is 20.9. The molecule has 0 aliphatic rings. The molecule has 16 heteroatoms. The van der Waals surface area contributed by atoms with Crippen molar-refractivity contribution >= 4 is 66.5 Å². The average Bonchev–Trinajstić information content (AvgIpc) is 3.18. The molecule has 0 atom stereocenters. The van der Waals surface area contributed by atoms with Gasteiger partial charge in [0, 0.05) is 38.3 Å². The topological polar surface area (TPSA) is 208 Å². The van der Waals surface area contributed by atoms with Gasteiger partial charge in [-0.3, -0.25) is 18.2 Å². The molecule has 0 aliphatic carbocycles. The Hall–Kier alpha value is -5.74.